The smallest absolute Gasteiger partial charge is 0.341 e. The molecule has 2 N–H and O–H groups in total. The van der Waals surface area contributed by atoms with Crippen LogP contribution in [0.5, 0.6) is 11.5 Å². The van der Waals surface area contributed by atoms with Crippen molar-refractivity contribution in [3.8, 4) is 11.5 Å². The van der Waals surface area contributed by atoms with Gasteiger partial charge in [-0.05, 0) is 54.3 Å². The van der Waals surface area contributed by atoms with Gasteiger partial charge in [-0.15, -0.1) is 6.58 Å². The molecule has 34 heavy (non-hydrogen) atoms. The number of carbonyl (C=O) groups excluding carboxylic acids is 3. The van der Waals surface area contributed by atoms with Gasteiger partial charge in [-0.2, -0.15) is 0 Å². The molecule has 3 rings (SSSR count). The first kappa shape index (κ1) is 24.2. The molecule has 1 heterocycles. The molecule has 0 saturated carbocycles. The maximum Gasteiger partial charge on any atom is 0.341 e. The van der Waals surface area contributed by atoms with E-state index in [4.69, 9.17) is 14.6 Å². The number of allylic oxidation sites excluding steroid dienone is 1. The van der Waals surface area contributed by atoms with E-state index in [1.165, 1.54) is 19.3 Å². The van der Waals surface area contributed by atoms with Gasteiger partial charge in [-0.1, -0.05) is 25.1 Å². The molecule has 1 saturated heterocycles. The number of hydrogen-bond acceptors (Lipinski definition) is 6. The molecule has 2 aromatic carbocycles. The van der Waals surface area contributed by atoms with Crippen LogP contribution in [0.25, 0.3) is 6.08 Å². The molecule has 0 radical (unpaired) electrons. The number of urea groups is 1. The number of carboxylic acids is 1. The Hall–Kier alpha value is -4.40. The summed E-state index contributed by atoms with van der Waals surface area (Å²) in [6.07, 6.45) is 4.05. The van der Waals surface area contributed by atoms with Crippen LogP contribution in [0.15, 0.2) is 54.6 Å². The molecule has 0 aliphatic carbocycles. The highest BCUT2D eigenvalue weighted by atomic mass is 16.5. The number of hydrogen-bond donors (Lipinski definition) is 2. The predicted octanol–water partition coefficient (Wildman–Crippen LogP) is 3.12. The number of barbiturate groups is 1. The number of ether oxygens (including phenoxy) is 2. The Labute approximate surface area is 196 Å². The fourth-order valence-corrected chi connectivity index (χ4v) is 3.46. The highest BCUT2D eigenvalue weighted by Gasteiger charge is 2.36. The second kappa shape index (κ2) is 10.5. The van der Waals surface area contributed by atoms with Crippen molar-refractivity contribution in [1.29, 1.82) is 0 Å². The molecule has 2 aromatic rings. The summed E-state index contributed by atoms with van der Waals surface area (Å²) in [4.78, 5) is 50.0. The van der Waals surface area contributed by atoms with E-state index in [0.29, 0.717) is 23.2 Å². The predicted molar refractivity (Wildman–Crippen MR) is 125 cm³/mol. The van der Waals surface area contributed by atoms with Gasteiger partial charge in [0, 0.05) is 5.56 Å². The van der Waals surface area contributed by atoms with E-state index in [-0.39, 0.29) is 17.1 Å². The molecule has 0 bridgehead atoms. The first-order valence-corrected chi connectivity index (χ1v) is 10.5. The van der Waals surface area contributed by atoms with E-state index < -0.39 is 30.4 Å². The van der Waals surface area contributed by atoms with Crippen molar-refractivity contribution in [2.24, 2.45) is 0 Å². The molecule has 1 aliphatic rings. The highest BCUT2D eigenvalue weighted by Crippen LogP contribution is 2.35. The molecule has 9 heteroatoms. The van der Waals surface area contributed by atoms with E-state index in [1.54, 1.807) is 36.4 Å². The molecule has 0 aromatic heterocycles. The summed E-state index contributed by atoms with van der Waals surface area (Å²) in [6.45, 7) is 5.10. The molecule has 0 unspecified atom stereocenters. The Balaban J connectivity index is 2.03. The third kappa shape index (κ3) is 5.15. The fourth-order valence-electron chi connectivity index (χ4n) is 3.46. The lowest BCUT2D eigenvalue weighted by Gasteiger charge is -2.26. The number of imide groups is 2. The van der Waals surface area contributed by atoms with E-state index in [2.05, 4.69) is 11.9 Å². The molecular formula is C25H24N2O7. The second-order valence-corrected chi connectivity index (χ2v) is 7.36. The van der Waals surface area contributed by atoms with Gasteiger partial charge in [0.25, 0.3) is 11.8 Å². The number of aliphatic carboxylic acids is 1. The fraction of sp³-hybridized carbons (Fsp3) is 0.200. The van der Waals surface area contributed by atoms with Crippen LogP contribution in [0, 0.1) is 0 Å². The van der Waals surface area contributed by atoms with E-state index in [1.807, 2.05) is 6.92 Å². The molecule has 1 aliphatic heterocycles. The third-order valence-corrected chi connectivity index (χ3v) is 5.09. The number of aryl methyl sites for hydroxylation is 1. The summed E-state index contributed by atoms with van der Waals surface area (Å²) in [5.74, 6) is -2.31. The molecule has 176 valence electrons. The molecule has 0 spiro atoms. The summed E-state index contributed by atoms with van der Waals surface area (Å²) in [5.41, 5.74) is 2.10. The Bertz CT molecular complexity index is 1180. The number of methoxy groups -OCH3 is 1. The quantitative estimate of drug-likeness (QED) is 0.332. The van der Waals surface area contributed by atoms with Crippen molar-refractivity contribution < 1.29 is 33.8 Å². The zero-order valence-corrected chi connectivity index (χ0v) is 18.8. The Morgan fingerprint density at radius 2 is 1.88 bits per heavy atom. The molecule has 9 nitrogen and oxygen atoms in total. The Morgan fingerprint density at radius 1 is 1.18 bits per heavy atom. The standard InChI is InChI=1S/C25H24N2O7/c1-4-6-17-11-16(13-20(33-3)22(17)34-14-21(28)29)12-19-23(30)26-25(32)27(24(19)31)18-9-7-15(5-2)8-10-18/h4,7-13H,1,5-6,14H2,2-3H3,(H,28,29)(H,26,30,32)/b19-12-. The number of anilines is 1. The lowest BCUT2D eigenvalue weighted by atomic mass is 10.0. The molecule has 4 amide bonds. The second-order valence-electron chi connectivity index (χ2n) is 7.36. The van der Waals surface area contributed by atoms with Crippen molar-refractivity contribution in [1.82, 2.24) is 5.32 Å². The van der Waals surface area contributed by atoms with Gasteiger partial charge in [0.1, 0.15) is 5.57 Å². The third-order valence-electron chi connectivity index (χ3n) is 5.09. The monoisotopic (exact) mass is 464 g/mol. The molecule has 1 fully saturated rings. The van der Waals surface area contributed by atoms with Crippen molar-refractivity contribution in [3.05, 3.63) is 71.3 Å². The van der Waals surface area contributed by atoms with Crippen molar-refractivity contribution >= 4 is 35.6 Å². The number of rotatable bonds is 9. The van der Waals surface area contributed by atoms with Crippen LogP contribution in [-0.2, 0) is 27.2 Å². The van der Waals surface area contributed by atoms with Crippen LogP contribution < -0.4 is 19.7 Å². The topological polar surface area (TPSA) is 122 Å². The van der Waals surface area contributed by atoms with Gasteiger partial charge < -0.3 is 14.6 Å². The Kier molecular flexibility index (Phi) is 7.47. The van der Waals surface area contributed by atoms with Crippen molar-refractivity contribution in [3.63, 3.8) is 0 Å². The zero-order valence-electron chi connectivity index (χ0n) is 18.8. The normalized spacial score (nSPS) is 14.7. The van der Waals surface area contributed by atoms with Crippen LogP contribution in [0.3, 0.4) is 0 Å². The summed E-state index contributed by atoms with van der Waals surface area (Å²) in [5, 5.41) is 11.1. The first-order chi connectivity index (χ1) is 16.3. The number of carbonyl (C=O) groups is 4. The maximum absolute atomic E-state index is 13.2. The Morgan fingerprint density at radius 3 is 2.47 bits per heavy atom. The van der Waals surface area contributed by atoms with Gasteiger partial charge in [0.05, 0.1) is 12.8 Å². The number of carboxylic acid groups (broad SMARTS) is 1. The first-order valence-electron chi connectivity index (χ1n) is 10.5. The minimum Gasteiger partial charge on any atom is -0.493 e. The van der Waals surface area contributed by atoms with Crippen LogP contribution in [-0.4, -0.2) is 42.6 Å². The molecule has 0 atom stereocenters. The van der Waals surface area contributed by atoms with Gasteiger partial charge in [0.2, 0.25) is 0 Å². The van der Waals surface area contributed by atoms with E-state index in [9.17, 15) is 19.2 Å². The molecular weight excluding hydrogens is 440 g/mol. The van der Waals surface area contributed by atoms with Crippen LogP contribution >= 0.6 is 0 Å². The van der Waals surface area contributed by atoms with Crippen LogP contribution in [0.1, 0.15) is 23.6 Å². The number of benzene rings is 2. The van der Waals surface area contributed by atoms with Crippen molar-refractivity contribution in [2.45, 2.75) is 19.8 Å². The van der Waals surface area contributed by atoms with Crippen LogP contribution in [0.2, 0.25) is 0 Å². The minimum atomic E-state index is -1.15. The van der Waals surface area contributed by atoms with Gasteiger partial charge in [-0.3, -0.25) is 14.9 Å². The minimum absolute atomic E-state index is 0.221. The van der Waals surface area contributed by atoms with E-state index in [0.717, 1.165) is 16.9 Å². The summed E-state index contributed by atoms with van der Waals surface area (Å²) in [6, 6.07) is 9.20. The average molecular weight is 464 g/mol. The maximum atomic E-state index is 13.2. The summed E-state index contributed by atoms with van der Waals surface area (Å²) < 4.78 is 10.7. The lowest BCUT2D eigenvalue weighted by molar-refractivity contribution is -0.139. The number of amides is 4. The summed E-state index contributed by atoms with van der Waals surface area (Å²) in [7, 11) is 1.39. The number of nitrogens with zero attached hydrogens (tertiary/aromatic N) is 1. The zero-order chi connectivity index (χ0) is 24.8. The van der Waals surface area contributed by atoms with E-state index >= 15 is 0 Å². The number of nitrogens with one attached hydrogen (secondary N) is 1. The van der Waals surface area contributed by atoms with Gasteiger partial charge in [-0.25, -0.2) is 14.5 Å². The summed E-state index contributed by atoms with van der Waals surface area (Å²) >= 11 is 0. The van der Waals surface area contributed by atoms with Gasteiger partial charge >= 0.3 is 12.0 Å². The lowest BCUT2D eigenvalue weighted by Crippen LogP contribution is -2.54. The highest BCUT2D eigenvalue weighted by molar-refractivity contribution is 6.39. The van der Waals surface area contributed by atoms with Crippen LogP contribution in [0.4, 0.5) is 10.5 Å². The average Bonchev–Trinajstić information content (AvgIpc) is 2.81. The SMILES string of the molecule is C=CCc1cc(/C=C2/C(=O)NC(=O)N(c3ccc(CC)cc3)C2=O)cc(OC)c1OCC(=O)O. The largest absolute Gasteiger partial charge is 0.493 e. The van der Waals surface area contributed by atoms with Gasteiger partial charge in [0.15, 0.2) is 18.1 Å². The van der Waals surface area contributed by atoms with Crippen molar-refractivity contribution in [2.75, 3.05) is 18.6 Å².